The number of hydrogen-bond acceptors (Lipinski definition) is 3. The summed E-state index contributed by atoms with van der Waals surface area (Å²) in [6, 6.07) is 4.66. The summed E-state index contributed by atoms with van der Waals surface area (Å²) in [6.07, 6.45) is -0.0469. The fraction of sp³-hybridized carbons (Fsp3) is 0.571. The van der Waals surface area contributed by atoms with E-state index in [2.05, 4.69) is 17.3 Å². The van der Waals surface area contributed by atoms with Gasteiger partial charge in [0.2, 0.25) is 0 Å². The van der Waals surface area contributed by atoms with E-state index in [0.717, 1.165) is 19.6 Å². The van der Waals surface area contributed by atoms with E-state index < -0.39 is 0 Å². The number of ether oxygens (including phenoxy) is 1. The van der Waals surface area contributed by atoms with Crippen molar-refractivity contribution in [2.75, 3.05) is 33.3 Å². The van der Waals surface area contributed by atoms with Crippen molar-refractivity contribution < 1.29 is 9.13 Å². The third-order valence-corrected chi connectivity index (χ3v) is 3.63. The molecule has 1 aliphatic heterocycles. The molecule has 2 unspecified atom stereocenters. The summed E-state index contributed by atoms with van der Waals surface area (Å²) in [5.74, 6) is -0.282. The minimum Gasteiger partial charge on any atom is -0.374 e. The van der Waals surface area contributed by atoms with E-state index in [4.69, 9.17) is 16.3 Å². The molecule has 0 radical (unpaired) electrons. The molecule has 5 heteroatoms. The molecule has 0 bridgehead atoms. The van der Waals surface area contributed by atoms with Gasteiger partial charge in [-0.15, -0.1) is 0 Å². The first-order valence-electron chi connectivity index (χ1n) is 6.60. The number of nitrogens with zero attached hydrogens (tertiary/aromatic N) is 1. The van der Waals surface area contributed by atoms with Gasteiger partial charge in [-0.05, 0) is 25.7 Å². The Morgan fingerprint density at radius 3 is 3.00 bits per heavy atom. The van der Waals surface area contributed by atoms with Gasteiger partial charge in [-0.3, -0.25) is 0 Å². The first kappa shape index (κ1) is 14.7. The lowest BCUT2D eigenvalue weighted by Crippen LogP contribution is -2.47. The van der Waals surface area contributed by atoms with Crippen molar-refractivity contribution in [3.8, 4) is 0 Å². The van der Waals surface area contributed by atoms with Crippen molar-refractivity contribution in [2.45, 2.75) is 19.1 Å². The van der Waals surface area contributed by atoms with Crippen molar-refractivity contribution in [1.82, 2.24) is 10.2 Å². The minimum absolute atomic E-state index is 0.0469. The average molecular weight is 287 g/mol. The lowest BCUT2D eigenvalue weighted by Gasteiger charge is -2.35. The van der Waals surface area contributed by atoms with E-state index in [0.29, 0.717) is 17.2 Å². The van der Waals surface area contributed by atoms with Crippen LogP contribution in [0.3, 0.4) is 0 Å². The molecule has 1 N–H and O–H groups in total. The Balaban J connectivity index is 2.23. The van der Waals surface area contributed by atoms with Crippen molar-refractivity contribution in [2.24, 2.45) is 0 Å². The number of rotatable bonds is 4. The summed E-state index contributed by atoms with van der Waals surface area (Å²) in [5.41, 5.74) is 0.617. The molecular weight excluding hydrogens is 267 g/mol. The van der Waals surface area contributed by atoms with Crippen molar-refractivity contribution in [3.63, 3.8) is 0 Å². The van der Waals surface area contributed by atoms with Gasteiger partial charge in [-0.25, -0.2) is 4.39 Å². The zero-order valence-corrected chi connectivity index (χ0v) is 12.1. The molecule has 0 aromatic heterocycles. The molecule has 1 aliphatic rings. The molecule has 0 saturated carbocycles. The van der Waals surface area contributed by atoms with Gasteiger partial charge in [0.15, 0.2) is 0 Å². The Labute approximate surface area is 118 Å². The SMILES string of the molecule is CCNC(c1ccc(Cl)cc1F)C1CN(C)CCO1. The summed E-state index contributed by atoms with van der Waals surface area (Å²) in [7, 11) is 2.05. The third-order valence-electron chi connectivity index (χ3n) is 3.39. The molecular formula is C14H20ClFN2O. The van der Waals surface area contributed by atoms with E-state index in [9.17, 15) is 4.39 Å². The maximum atomic E-state index is 14.1. The van der Waals surface area contributed by atoms with Gasteiger partial charge in [0.25, 0.3) is 0 Å². The van der Waals surface area contributed by atoms with E-state index >= 15 is 0 Å². The Morgan fingerprint density at radius 2 is 2.37 bits per heavy atom. The molecule has 1 aromatic rings. The van der Waals surface area contributed by atoms with Crippen LogP contribution in [0.2, 0.25) is 5.02 Å². The van der Waals surface area contributed by atoms with Crippen molar-refractivity contribution in [3.05, 3.63) is 34.6 Å². The van der Waals surface area contributed by atoms with Crippen LogP contribution >= 0.6 is 11.6 Å². The largest absolute Gasteiger partial charge is 0.374 e. The molecule has 1 heterocycles. The highest BCUT2D eigenvalue weighted by Crippen LogP contribution is 2.26. The van der Waals surface area contributed by atoms with E-state index in [1.165, 1.54) is 6.07 Å². The standard InChI is InChI=1S/C14H20ClFN2O/c1-3-17-14(13-9-18(2)6-7-19-13)11-5-4-10(15)8-12(11)16/h4-5,8,13-14,17H,3,6-7,9H2,1-2H3. The predicted octanol–water partition coefficient (Wildman–Crippen LogP) is 2.46. The van der Waals surface area contributed by atoms with Gasteiger partial charge >= 0.3 is 0 Å². The topological polar surface area (TPSA) is 24.5 Å². The van der Waals surface area contributed by atoms with Crippen LogP contribution in [0.15, 0.2) is 18.2 Å². The Morgan fingerprint density at radius 1 is 1.58 bits per heavy atom. The van der Waals surface area contributed by atoms with Crippen LogP contribution in [0.1, 0.15) is 18.5 Å². The molecule has 2 rings (SSSR count). The molecule has 0 aliphatic carbocycles. The van der Waals surface area contributed by atoms with E-state index in [-0.39, 0.29) is 18.0 Å². The van der Waals surface area contributed by atoms with Crippen molar-refractivity contribution in [1.29, 1.82) is 0 Å². The molecule has 1 aromatic carbocycles. The highest BCUT2D eigenvalue weighted by atomic mass is 35.5. The second kappa shape index (κ2) is 6.66. The van der Waals surface area contributed by atoms with Crippen LogP contribution in [0.25, 0.3) is 0 Å². The quantitative estimate of drug-likeness (QED) is 0.920. The monoisotopic (exact) mass is 286 g/mol. The average Bonchev–Trinajstić information content (AvgIpc) is 2.37. The lowest BCUT2D eigenvalue weighted by molar-refractivity contribution is -0.0395. The number of nitrogens with one attached hydrogen (secondary N) is 1. The smallest absolute Gasteiger partial charge is 0.129 e. The zero-order valence-electron chi connectivity index (χ0n) is 11.3. The lowest BCUT2D eigenvalue weighted by atomic mass is 9.99. The highest BCUT2D eigenvalue weighted by Gasteiger charge is 2.29. The Hall–Kier alpha value is -0.680. The zero-order chi connectivity index (χ0) is 13.8. The molecule has 0 amide bonds. The molecule has 19 heavy (non-hydrogen) atoms. The van der Waals surface area contributed by atoms with Crippen LogP contribution in [-0.2, 0) is 4.74 Å². The van der Waals surface area contributed by atoms with Gasteiger partial charge in [-0.1, -0.05) is 24.6 Å². The third kappa shape index (κ3) is 3.66. The predicted molar refractivity (Wildman–Crippen MR) is 75.1 cm³/mol. The van der Waals surface area contributed by atoms with Gasteiger partial charge in [-0.2, -0.15) is 0 Å². The van der Waals surface area contributed by atoms with Crippen LogP contribution < -0.4 is 5.32 Å². The minimum atomic E-state index is -0.282. The molecule has 2 atom stereocenters. The van der Waals surface area contributed by atoms with Gasteiger partial charge in [0.1, 0.15) is 5.82 Å². The number of halogens is 2. The van der Waals surface area contributed by atoms with Crippen molar-refractivity contribution >= 4 is 11.6 Å². The van der Waals surface area contributed by atoms with Crippen LogP contribution in [0.5, 0.6) is 0 Å². The highest BCUT2D eigenvalue weighted by molar-refractivity contribution is 6.30. The summed E-state index contributed by atoms with van der Waals surface area (Å²) >= 11 is 5.81. The summed E-state index contributed by atoms with van der Waals surface area (Å²) in [6.45, 7) is 5.15. The molecule has 1 fully saturated rings. The number of morpholine rings is 1. The normalized spacial score (nSPS) is 22.4. The molecule has 3 nitrogen and oxygen atoms in total. The summed E-state index contributed by atoms with van der Waals surface area (Å²) in [5, 5.41) is 3.73. The molecule has 0 spiro atoms. The maximum absolute atomic E-state index is 14.1. The van der Waals surface area contributed by atoms with Crippen LogP contribution in [-0.4, -0.2) is 44.3 Å². The van der Waals surface area contributed by atoms with Gasteiger partial charge in [0, 0.05) is 23.7 Å². The fourth-order valence-corrected chi connectivity index (χ4v) is 2.59. The Bertz CT molecular complexity index is 430. The second-order valence-electron chi connectivity index (χ2n) is 4.87. The van der Waals surface area contributed by atoms with Crippen LogP contribution in [0.4, 0.5) is 4.39 Å². The first-order chi connectivity index (χ1) is 9.11. The number of benzene rings is 1. The summed E-state index contributed by atoms with van der Waals surface area (Å²) < 4.78 is 19.9. The second-order valence-corrected chi connectivity index (χ2v) is 5.31. The fourth-order valence-electron chi connectivity index (χ4n) is 2.43. The van der Waals surface area contributed by atoms with E-state index in [1.54, 1.807) is 12.1 Å². The number of hydrogen-bond donors (Lipinski definition) is 1. The molecule has 1 saturated heterocycles. The number of likely N-dealkylation sites (N-methyl/N-ethyl adjacent to an activating group) is 2. The molecule has 106 valence electrons. The van der Waals surface area contributed by atoms with Crippen LogP contribution in [0, 0.1) is 5.82 Å². The van der Waals surface area contributed by atoms with Gasteiger partial charge in [0.05, 0.1) is 18.8 Å². The Kier molecular flexibility index (Phi) is 5.16. The van der Waals surface area contributed by atoms with E-state index in [1.807, 2.05) is 6.92 Å². The first-order valence-corrected chi connectivity index (χ1v) is 6.98. The summed E-state index contributed by atoms with van der Waals surface area (Å²) in [4.78, 5) is 2.20. The van der Waals surface area contributed by atoms with Gasteiger partial charge < -0.3 is 15.0 Å². The maximum Gasteiger partial charge on any atom is 0.129 e.